The summed E-state index contributed by atoms with van der Waals surface area (Å²) in [7, 11) is 0. The third-order valence-electron chi connectivity index (χ3n) is 2.59. The molecule has 21 heavy (non-hydrogen) atoms. The van der Waals surface area contributed by atoms with E-state index in [-0.39, 0.29) is 11.3 Å². The highest BCUT2D eigenvalue weighted by molar-refractivity contribution is 9.10. The zero-order valence-electron chi connectivity index (χ0n) is 10.8. The topological polar surface area (TPSA) is 104 Å². The lowest BCUT2D eigenvalue weighted by molar-refractivity contribution is 0.102. The highest BCUT2D eigenvalue weighted by atomic mass is 79.9. The number of hydrogen-bond acceptors (Lipinski definition) is 3. The van der Waals surface area contributed by atoms with E-state index in [1.807, 2.05) is 0 Å². The molecular weight excluding hydrogens is 338 g/mol. The van der Waals surface area contributed by atoms with E-state index in [1.54, 1.807) is 30.3 Å². The van der Waals surface area contributed by atoms with Gasteiger partial charge in [-0.2, -0.15) is 0 Å². The van der Waals surface area contributed by atoms with Crippen LogP contribution in [0.1, 0.15) is 10.4 Å². The van der Waals surface area contributed by atoms with Gasteiger partial charge in [0, 0.05) is 15.8 Å². The minimum atomic E-state index is -0.692. The van der Waals surface area contributed by atoms with Crippen LogP contribution < -0.4 is 16.4 Å². The lowest BCUT2D eigenvalue weighted by atomic mass is 10.2. The minimum absolute atomic E-state index is 0.123. The Balaban J connectivity index is 2.19. The van der Waals surface area contributed by atoms with E-state index in [9.17, 15) is 14.7 Å². The molecule has 0 aliphatic heterocycles. The van der Waals surface area contributed by atoms with Gasteiger partial charge in [0.1, 0.15) is 5.75 Å². The fourth-order valence-electron chi connectivity index (χ4n) is 1.71. The number of amides is 3. The second-order valence-corrected chi connectivity index (χ2v) is 5.10. The van der Waals surface area contributed by atoms with Crippen LogP contribution in [0.2, 0.25) is 0 Å². The normalized spacial score (nSPS) is 9.95. The average molecular weight is 350 g/mol. The number of nitrogens with one attached hydrogen (secondary N) is 2. The van der Waals surface area contributed by atoms with Crippen LogP contribution in [0, 0.1) is 0 Å². The van der Waals surface area contributed by atoms with Gasteiger partial charge in [0.2, 0.25) is 0 Å². The Hall–Kier alpha value is -2.54. The molecule has 0 saturated heterocycles. The van der Waals surface area contributed by atoms with E-state index in [2.05, 4.69) is 26.6 Å². The number of benzene rings is 2. The van der Waals surface area contributed by atoms with E-state index in [1.165, 1.54) is 12.1 Å². The fraction of sp³-hybridized carbons (Fsp3) is 0. The Morgan fingerprint density at radius 1 is 1.05 bits per heavy atom. The monoisotopic (exact) mass is 349 g/mol. The summed E-state index contributed by atoms with van der Waals surface area (Å²) in [6.07, 6.45) is 0. The number of halogens is 1. The Morgan fingerprint density at radius 2 is 1.71 bits per heavy atom. The van der Waals surface area contributed by atoms with Crippen LogP contribution in [0.3, 0.4) is 0 Å². The van der Waals surface area contributed by atoms with Gasteiger partial charge in [0.25, 0.3) is 5.91 Å². The molecule has 6 nitrogen and oxygen atoms in total. The molecule has 0 aromatic heterocycles. The first-order valence-corrected chi connectivity index (χ1v) is 6.71. The van der Waals surface area contributed by atoms with Crippen LogP contribution in [0.25, 0.3) is 0 Å². The van der Waals surface area contributed by atoms with Crippen LogP contribution in [0.5, 0.6) is 5.75 Å². The standard InChI is InChI=1S/C14H12BrN3O3/c15-8-4-5-12(19)11(6-8)13(20)17-9-2-1-3-10(7-9)18-14(16)21/h1-7,19H,(H,17,20)(H3,16,18,21). The second kappa shape index (κ2) is 6.27. The molecule has 2 aromatic carbocycles. The maximum atomic E-state index is 12.1. The maximum absolute atomic E-state index is 12.1. The number of hydrogen-bond donors (Lipinski definition) is 4. The summed E-state index contributed by atoms with van der Waals surface area (Å²) in [5.41, 5.74) is 6.09. The molecule has 2 aromatic rings. The molecule has 108 valence electrons. The highest BCUT2D eigenvalue weighted by Gasteiger charge is 2.12. The summed E-state index contributed by atoms with van der Waals surface area (Å²) in [6.45, 7) is 0. The van der Waals surface area contributed by atoms with Gasteiger partial charge >= 0.3 is 6.03 Å². The SMILES string of the molecule is NC(=O)Nc1cccc(NC(=O)c2cc(Br)ccc2O)c1. The molecule has 7 heteroatoms. The molecule has 0 saturated carbocycles. The van der Waals surface area contributed by atoms with Crippen molar-refractivity contribution in [1.82, 2.24) is 0 Å². The van der Waals surface area contributed by atoms with Crippen molar-refractivity contribution >= 4 is 39.2 Å². The first-order valence-electron chi connectivity index (χ1n) is 5.92. The Kier molecular flexibility index (Phi) is 4.44. The minimum Gasteiger partial charge on any atom is -0.507 e. The first kappa shape index (κ1) is 14.9. The molecule has 0 atom stereocenters. The predicted molar refractivity (Wildman–Crippen MR) is 83.4 cm³/mol. The lowest BCUT2D eigenvalue weighted by Gasteiger charge is -2.09. The number of nitrogens with two attached hydrogens (primary N) is 1. The number of rotatable bonds is 3. The quantitative estimate of drug-likeness (QED) is 0.684. The van der Waals surface area contributed by atoms with Gasteiger partial charge in [-0.25, -0.2) is 4.79 Å². The molecule has 0 radical (unpaired) electrons. The summed E-state index contributed by atoms with van der Waals surface area (Å²) in [4.78, 5) is 22.9. The molecule has 2 rings (SSSR count). The first-order chi connectivity index (χ1) is 9.95. The van der Waals surface area contributed by atoms with E-state index < -0.39 is 11.9 Å². The van der Waals surface area contributed by atoms with E-state index in [0.29, 0.717) is 15.8 Å². The van der Waals surface area contributed by atoms with Crippen LogP contribution in [-0.2, 0) is 0 Å². The fourth-order valence-corrected chi connectivity index (χ4v) is 2.07. The van der Waals surface area contributed by atoms with Gasteiger partial charge in [-0.15, -0.1) is 0 Å². The van der Waals surface area contributed by atoms with Gasteiger partial charge in [0.05, 0.1) is 5.56 Å². The highest BCUT2D eigenvalue weighted by Crippen LogP contribution is 2.23. The second-order valence-electron chi connectivity index (χ2n) is 4.19. The van der Waals surface area contributed by atoms with E-state index >= 15 is 0 Å². The predicted octanol–water partition coefficient (Wildman–Crippen LogP) is 2.90. The van der Waals surface area contributed by atoms with Crippen molar-refractivity contribution < 1.29 is 14.7 Å². The van der Waals surface area contributed by atoms with Crippen LogP contribution in [0.4, 0.5) is 16.2 Å². The smallest absolute Gasteiger partial charge is 0.316 e. The number of phenols is 1. The van der Waals surface area contributed by atoms with Crippen molar-refractivity contribution in [3.63, 3.8) is 0 Å². The van der Waals surface area contributed by atoms with Crippen molar-refractivity contribution in [3.05, 3.63) is 52.5 Å². The number of urea groups is 1. The van der Waals surface area contributed by atoms with Gasteiger partial charge < -0.3 is 21.5 Å². The van der Waals surface area contributed by atoms with Crippen molar-refractivity contribution in [2.75, 3.05) is 10.6 Å². The van der Waals surface area contributed by atoms with Crippen molar-refractivity contribution in [2.24, 2.45) is 5.73 Å². The number of aromatic hydroxyl groups is 1. The van der Waals surface area contributed by atoms with Crippen LogP contribution >= 0.6 is 15.9 Å². The van der Waals surface area contributed by atoms with Gasteiger partial charge in [0.15, 0.2) is 0 Å². The van der Waals surface area contributed by atoms with Gasteiger partial charge in [-0.3, -0.25) is 4.79 Å². The molecule has 0 bridgehead atoms. The summed E-state index contributed by atoms with van der Waals surface area (Å²) >= 11 is 3.24. The number of phenolic OH excluding ortho intramolecular Hbond substituents is 1. The largest absolute Gasteiger partial charge is 0.507 e. The zero-order valence-corrected chi connectivity index (χ0v) is 12.3. The van der Waals surface area contributed by atoms with Gasteiger partial charge in [-0.05, 0) is 36.4 Å². The molecule has 3 amide bonds. The number of anilines is 2. The maximum Gasteiger partial charge on any atom is 0.316 e. The Labute approximate surface area is 129 Å². The van der Waals surface area contributed by atoms with E-state index in [4.69, 9.17) is 5.73 Å². The Bertz CT molecular complexity index is 704. The molecule has 0 aliphatic carbocycles. The van der Waals surface area contributed by atoms with Crippen molar-refractivity contribution in [3.8, 4) is 5.75 Å². The van der Waals surface area contributed by atoms with Crippen LogP contribution in [-0.4, -0.2) is 17.0 Å². The summed E-state index contributed by atoms with van der Waals surface area (Å²) in [6, 6.07) is 10.4. The van der Waals surface area contributed by atoms with Crippen molar-refractivity contribution in [1.29, 1.82) is 0 Å². The molecular formula is C14H12BrN3O3. The molecule has 5 N–H and O–H groups in total. The molecule has 0 fully saturated rings. The lowest BCUT2D eigenvalue weighted by Crippen LogP contribution is -2.19. The average Bonchev–Trinajstić information content (AvgIpc) is 2.41. The summed E-state index contributed by atoms with van der Waals surface area (Å²) < 4.78 is 0.676. The molecule has 0 aliphatic rings. The summed E-state index contributed by atoms with van der Waals surface area (Å²) in [5, 5.41) is 14.7. The number of carbonyl (C=O) groups excluding carboxylic acids is 2. The molecule has 0 spiro atoms. The molecule has 0 heterocycles. The Morgan fingerprint density at radius 3 is 2.38 bits per heavy atom. The summed E-state index contributed by atoms with van der Waals surface area (Å²) in [5.74, 6) is -0.591. The van der Waals surface area contributed by atoms with Crippen LogP contribution in [0.15, 0.2) is 46.9 Å². The zero-order chi connectivity index (χ0) is 15.4. The van der Waals surface area contributed by atoms with Gasteiger partial charge in [-0.1, -0.05) is 22.0 Å². The number of primary amides is 1. The third-order valence-corrected chi connectivity index (χ3v) is 3.08. The molecule has 0 unspecified atom stereocenters. The number of carbonyl (C=O) groups is 2. The van der Waals surface area contributed by atoms with Crippen molar-refractivity contribution in [2.45, 2.75) is 0 Å². The third kappa shape index (κ3) is 3.96. The van der Waals surface area contributed by atoms with E-state index in [0.717, 1.165) is 0 Å².